The smallest absolute Gasteiger partial charge is 0.371 e. The van der Waals surface area contributed by atoms with Crippen LogP contribution >= 0.6 is 7.82 Å². The van der Waals surface area contributed by atoms with Gasteiger partial charge in [0.25, 0.3) is 0 Å². The van der Waals surface area contributed by atoms with Gasteiger partial charge in [-0.1, -0.05) is 23.8 Å². The summed E-state index contributed by atoms with van der Waals surface area (Å²) < 4.78 is 21.2. The fourth-order valence-electron chi connectivity index (χ4n) is 2.68. The Kier molecular flexibility index (Phi) is 4.14. The molecule has 0 radical (unpaired) electrons. The van der Waals surface area contributed by atoms with E-state index in [2.05, 4.69) is 6.07 Å². The molecule has 1 unspecified atom stereocenters. The number of benzene rings is 1. The summed E-state index contributed by atoms with van der Waals surface area (Å²) in [4.78, 5) is 17.8. The van der Waals surface area contributed by atoms with Crippen LogP contribution in [0.2, 0.25) is 0 Å². The van der Waals surface area contributed by atoms with Gasteiger partial charge in [0.1, 0.15) is 5.60 Å². The molecule has 0 saturated heterocycles. The van der Waals surface area contributed by atoms with E-state index >= 15 is 0 Å². The number of ether oxygens (including phenoxy) is 1. The van der Waals surface area contributed by atoms with Crippen LogP contribution in [0.25, 0.3) is 0 Å². The molecule has 1 aromatic carbocycles. The van der Waals surface area contributed by atoms with Gasteiger partial charge >= 0.3 is 7.82 Å². The first-order valence-electron chi connectivity index (χ1n) is 6.21. The quantitative estimate of drug-likeness (QED) is 0.830. The Bertz CT molecular complexity index is 510. The van der Waals surface area contributed by atoms with E-state index in [0.29, 0.717) is 6.42 Å². The van der Waals surface area contributed by atoms with E-state index in [1.165, 1.54) is 11.1 Å². The predicted molar refractivity (Wildman–Crippen MR) is 70.8 cm³/mol. The third-order valence-electron chi connectivity index (χ3n) is 3.63. The Hall–Kier alpha value is -0.710. The minimum atomic E-state index is -4.49. The second-order valence-corrected chi connectivity index (χ2v) is 6.22. The number of phosphoric acid groups is 1. The van der Waals surface area contributed by atoms with Gasteiger partial charge < -0.3 is 14.5 Å². The molecule has 0 fully saturated rings. The van der Waals surface area contributed by atoms with Gasteiger partial charge in [0.15, 0.2) is 0 Å². The van der Waals surface area contributed by atoms with Gasteiger partial charge in [-0.15, -0.1) is 0 Å². The Morgan fingerprint density at radius 1 is 1.42 bits per heavy atom. The SMILES string of the molecule is COC1(COP(=O)(O)O)CCCc2cc(C)ccc21. The molecule has 1 aliphatic rings. The van der Waals surface area contributed by atoms with Gasteiger partial charge in [0.2, 0.25) is 0 Å². The molecule has 2 N–H and O–H groups in total. The normalized spacial score (nSPS) is 23.2. The van der Waals surface area contributed by atoms with Crippen molar-refractivity contribution in [2.24, 2.45) is 0 Å². The molecule has 5 nitrogen and oxygen atoms in total. The van der Waals surface area contributed by atoms with Gasteiger partial charge in [-0.05, 0) is 37.3 Å². The molecule has 19 heavy (non-hydrogen) atoms. The minimum Gasteiger partial charge on any atom is -0.371 e. The lowest BCUT2D eigenvalue weighted by atomic mass is 9.79. The summed E-state index contributed by atoms with van der Waals surface area (Å²) in [6.45, 7) is 1.89. The second kappa shape index (κ2) is 5.35. The lowest BCUT2D eigenvalue weighted by molar-refractivity contribution is -0.0671. The summed E-state index contributed by atoms with van der Waals surface area (Å²) in [5, 5.41) is 0. The van der Waals surface area contributed by atoms with Gasteiger partial charge in [0.05, 0.1) is 6.61 Å². The number of hydrogen-bond acceptors (Lipinski definition) is 3. The van der Waals surface area contributed by atoms with Crippen LogP contribution in [-0.4, -0.2) is 23.5 Å². The maximum atomic E-state index is 10.9. The highest BCUT2D eigenvalue weighted by molar-refractivity contribution is 7.46. The molecule has 0 bridgehead atoms. The van der Waals surface area contributed by atoms with Crippen LogP contribution in [0.15, 0.2) is 18.2 Å². The number of rotatable bonds is 4. The average molecular weight is 286 g/mol. The van der Waals surface area contributed by atoms with Crippen molar-refractivity contribution in [2.75, 3.05) is 13.7 Å². The van der Waals surface area contributed by atoms with Crippen molar-refractivity contribution in [1.29, 1.82) is 0 Å². The molecule has 0 spiro atoms. The molecule has 1 aromatic rings. The van der Waals surface area contributed by atoms with Crippen LogP contribution in [0.5, 0.6) is 0 Å². The van der Waals surface area contributed by atoms with Crippen molar-refractivity contribution in [1.82, 2.24) is 0 Å². The second-order valence-electron chi connectivity index (χ2n) is 4.98. The summed E-state index contributed by atoms with van der Waals surface area (Å²) >= 11 is 0. The molecular weight excluding hydrogens is 267 g/mol. The van der Waals surface area contributed by atoms with Gasteiger partial charge in [0, 0.05) is 7.11 Å². The van der Waals surface area contributed by atoms with Crippen molar-refractivity contribution in [3.05, 3.63) is 34.9 Å². The van der Waals surface area contributed by atoms with Crippen LogP contribution in [0.1, 0.15) is 29.5 Å². The highest BCUT2D eigenvalue weighted by Crippen LogP contribution is 2.44. The zero-order chi connectivity index (χ0) is 14.1. The maximum absolute atomic E-state index is 10.9. The Labute approximate surface area is 112 Å². The molecular formula is C13H19O5P. The topological polar surface area (TPSA) is 76.0 Å². The van der Waals surface area contributed by atoms with Crippen LogP contribution in [-0.2, 0) is 25.8 Å². The monoisotopic (exact) mass is 286 g/mol. The molecule has 6 heteroatoms. The van der Waals surface area contributed by atoms with Crippen LogP contribution in [0, 0.1) is 6.92 Å². The van der Waals surface area contributed by atoms with Crippen LogP contribution in [0.4, 0.5) is 0 Å². The van der Waals surface area contributed by atoms with Gasteiger partial charge in [-0.25, -0.2) is 4.57 Å². The predicted octanol–water partition coefficient (Wildman–Crippen LogP) is 2.28. The Morgan fingerprint density at radius 3 is 2.79 bits per heavy atom. The summed E-state index contributed by atoms with van der Waals surface area (Å²) in [7, 11) is -2.94. The molecule has 0 aromatic heterocycles. The Balaban J connectivity index is 2.34. The van der Waals surface area contributed by atoms with Gasteiger partial charge in [-0.2, -0.15) is 0 Å². The first-order valence-corrected chi connectivity index (χ1v) is 7.75. The summed E-state index contributed by atoms with van der Waals surface area (Å²) in [5.41, 5.74) is 2.55. The number of phosphoric ester groups is 1. The molecule has 0 aliphatic heterocycles. The lowest BCUT2D eigenvalue weighted by Crippen LogP contribution is -2.37. The summed E-state index contributed by atoms with van der Waals surface area (Å²) in [5.74, 6) is 0. The highest BCUT2D eigenvalue weighted by Gasteiger charge is 2.38. The van der Waals surface area contributed by atoms with E-state index in [9.17, 15) is 4.57 Å². The van der Waals surface area contributed by atoms with E-state index in [-0.39, 0.29) is 6.61 Å². The number of methoxy groups -OCH3 is 1. The van der Waals surface area contributed by atoms with Gasteiger partial charge in [-0.3, -0.25) is 4.52 Å². The van der Waals surface area contributed by atoms with Crippen molar-refractivity contribution >= 4 is 7.82 Å². The van der Waals surface area contributed by atoms with Crippen molar-refractivity contribution < 1.29 is 23.6 Å². The fraction of sp³-hybridized carbons (Fsp3) is 0.538. The van der Waals surface area contributed by atoms with Crippen LogP contribution < -0.4 is 0 Å². The van der Waals surface area contributed by atoms with Crippen molar-refractivity contribution in [2.45, 2.75) is 31.8 Å². The zero-order valence-electron chi connectivity index (χ0n) is 11.1. The fourth-order valence-corrected chi connectivity index (χ4v) is 3.06. The lowest BCUT2D eigenvalue weighted by Gasteiger charge is -2.37. The zero-order valence-corrected chi connectivity index (χ0v) is 12.0. The third-order valence-corrected chi connectivity index (χ3v) is 4.10. The van der Waals surface area contributed by atoms with E-state index < -0.39 is 13.4 Å². The number of aryl methyl sites for hydroxylation is 2. The molecule has 0 saturated carbocycles. The average Bonchev–Trinajstić information content (AvgIpc) is 2.35. The molecule has 0 heterocycles. The first-order chi connectivity index (χ1) is 8.86. The summed E-state index contributed by atoms with van der Waals surface area (Å²) in [6, 6.07) is 6.05. The molecule has 106 valence electrons. The van der Waals surface area contributed by atoms with Crippen molar-refractivity contribution in [3.63, 3.8) is 0 Å². The van der Waals surface area contributed by atoms with E-state index in [0.717, 1.165) is 18.4 Å². The van der Waals surface area contributed by atoms with E-state index in [1.54, 1.807) is 7.11 Å². The van der Waals surface area contributed by atoms with Crippen molar-refractivity contribution in [3.8, 4) is 0 Å². The third kappa shape index (κ3) is 3.25. The molecule has 2 rings (SSSR count). The van der Waals surface area contributed by atoms with Crippen LogP contribution in [0.3, 0.4) is 0 Å². The number of hydrogen-bond donors (Lipinski definition) is 2. The largest absolute Gasteiger partial charge is 0.469 e. The standard InChI is InChI=1S/C13H19O5P/c1-10-5-6-12-11(8-10)4-3-7-13(12,17-2)9-18-19(14,15)16/h5-6,8H,3-4,7,9H2,1-2H3,(H2,14,15,16). The number of fused-ring (bicyclic) bond motifs is 1. The van der Waals surface area contributed by atoms with E-state index in [1.807, 2.05) is 19.1 Å². The Morgan fingerprint density at radius 2 is 2.16 bits per heavy atom. The minimum absolute atomic E-state index is 0.135. The maximum Gasteiger partial charge on any atom is 0.469 e. The first kappa shape index (κ1) is 14.7. The molecule has 1 aliphatic carbocycles. The molecule has 1 atom stereocenters. The summed E-state index contributed by atoms with van der Waals surface area (Å²) in [6.07, 6.45) is 2.56. The highest BCUT2D eigenvalue weighted by atomic mass is 31.2. The molecule has 0 amide bonds. The van der Waals surface area contributed by atoms with E-state index in [4.69, 9.17) is 19.0 Å².